The van der Waals surface area contributed by atoms with Gasteiger partial charge in [-0.1, -0.05) is 11.8 Å². The number of benzene rings is 1. The molecule has 0 unspecified atom stereocenters. The van der Waals surface area contributed by atoms with Crippen molar-refractivity contribution < 1.29 is 14.0 Å². The summed E-state index contributed by atoms with van der Waals surface area (Å²) in [7, 11) is 0. The molecule has 1 saturated heterocycles. The first-order valence-corrected chi connectivity index (χ1v) is 8.83. The Bertz CT molecular complexity index is 1030. The SMILES string of the molecule is CC(=O)c1c[nH]c(/C=C2\C(=O)Nc3ccc(F)c(C#C[C@@H]4CCCN4)c32)c1. The van der Waals surface area contributed by atoms with Crippen molar-refractivity contribution in [2.75, 3.05) is 11.9 Å². The summed E-state index contributed by atoms with van der Waals surface area (Å²) in [4.78, 5) is 26.9. The summed E-state index contributed by atoms with van der Waals surface area (Å²) in [6, 6.07) is 4.56. The number of nitrogens with one attached hydrogen (secondary N) is 3. The summed E-state index contributed by atoms with van der Waals surface area (Å²) in [6.07, 6.45) is 5.18. The van der Waals surface area contributed by atoms with Crippen molar-refractivity contribution in [2.24, 2.45) is 0 Å². The molecule has 5 nitrogen and oxygen atoms in total. The lowest BCUT2D eigenvalue weighted by atomic mass is 9.98. The van der Waals surface area contributed by atoms with E-state index in [9.17, 15) is 14.0 Å². The fourth-order valence-electron chi connectivity index (χ4n) is 3.35. The van der Waals surface area contributed by atoms with Gasteiger partial charge >= 0.3 is 0 Å². The van der Waals surface area contributed by atoms with E-state index in [0.717, 1.165) is 19.4 Å². The normalized spacial score (nSPS) is 19.6. The number of fused-ring (bicyclic) bond motifs is 1. The van der Waals surface area contributed by atoms with E-state index in [1.165, 1.54) is 19.1 Å². The molecule has 3 heterocycles. The van der Waals surface area contributed by atoms with Gasteiger partial charge in [-0.25, -0.2) is 4.39 Å². The zero-order valence-electron chi connectivity index (χ0n) is 14.8. The molecule has 1 aromatic carbocycles. The van der Waals surface area contributed by atoms with E-state index < -0.39 is 5.82 Å². The van der Waals surface area contributed by atoms with E-state index in [2.05, 4.69) is 27.5 Å². The van der Waals surface area contributed by atoms with Gasteiger partial charge in [0.25, 0.3) is 5.91 Å². The molecule has 6 heteroatoms. The molecule has 2 aromatic rings. The quantitative estimate of drug-likeness (QED) is 0.436. The summed E-state index contributed by atoms with van der Waals surface area (Å²) in [5.74, 6) is 5.14. The molecule has 136 valence electrons. The van der Waals surface area contributed by atoms with Gasteiger partial charge in [0.15, 0.2) is 5.78 Å². The van der Waals surface area contributed by atoms with Gasteiger partial charge in [0.1, 0.15) is 5.82 Å². The monoisotopic (exact) mass is 363 g/mol. The highest BCUT2D eigenvalue weighted by Crippen LogP contribution is 2.36. The third-order valence-electron chi connectivity index (χ3n) is 4.76. The van der Waals surface area contributed by atoms with Crippen LogP contribution in [0.3, 0.4) is 0 Å². The largest absolute Gasteiger partial charge is 0.361 e. The standard InChI is InChI=1S/C21H18FN3O2/c1-12(26)13-9-15(24-11-13)10-17-20-16(5-4-14-3-2-8-23-14)18(22)6-7-19(20)25-21(17)27/h6-7,9-11,14,23-24H,2-3,8H2,1H3,(H,25,27)/b17-10-/t14-/m0/s1. The van der Waals surface area contributed by atoms with Gasteiger partial charge in [-0.05, 0) is 50.6 Å². The van der Waals surface area contributed by atoms with E-state index in [4.69, 9.17) is 0 Å². The van der Waals surface area contributed by atoms with Crippen LogP contribution in [0.25, 0.3) is 11.6 Å². The molecule has 1 atom stereocenters. The number of aromatic amines is 1. The molecular weight excluding hydrogens is 345 g/mol. The van der Waals surface area contributed by atoms with Crippen LogP contribution in [-0.4, -0.2) is 29.3 Å². The Kier molecular flexibility index (Phi) is 4.38. The van der Waals surface area contributed by atoms with Crippen LogP contribution in [0.5, 0.6) is 0 Å². The fourth-order valence-corrected chi connectivity index (χ4v) is 3.35. The maximum atomic E-state index is 14.5. The molecule has 4 rings (SSSR count). The topological polar surface area (TPSA) is 74.0 Å². The smallest absolute Gasteiger partial charge is 0.256 e. The summed E-state index contributed by atoms with van der Waals surface area (Å²) >= 11 is 0. The lowest BCUT2D eigenvalue weighted by molar-refractivity contribution is -0.110. The molecule has 0 spiro atoms. The number of rotatable bonds is 2. The maximum absolute atomic E-state index is 14.5. The van der Waals surface area contributed by atoms with Crippen molar-refractivity contribution >= 4 is 29.0 Å². The van der Waals surface area contributed by atoms with E-state index in [1.807, 2.05) is 0 Å². The number of halogens is 1. The lowest BCUT2D eigenvalue weighted by Gasteiger charge is -2.05. The minimum absolute atomic E-state index is 0.0410. The zero-order valence-corrected chi connectivity index (χ0v) is 14.8. The molecule has 0 aliphatic carbocycles. The number of aromatic nitrogens is 1. The average molecular weight is 363 g/mol. The van der Waals surface area contributed by atoms with Crippen LogP contribution in [0.4, 0.5) is 10.1 Å². The van der Waals surface area contributed by atoms with E-state index in [1.54, 1.807) is 18.3 Å². The minimum atomic E-state index is -0.461. The second kappa shape index (κ2) is 6.86. The summed E-state index contributed by atoms with van der Waals surface area (Å²) in [5.41, 5.74) is 2.65. The van der Waals surface area contributed by atoms with Crippen LogP contribution >= 0.6 is 0 Å². The molecule has 2 aliphatic rings. The zero-order chi connectivity index (χ0) is 19.0. The van der Waals surface area contributed by atoms with Gasteiger partial charge in [0, 0.05) is 23.0 Å². The second-order valence-corrected chi connectivity index (χ2v) is 6.68. The van der Waals surface area contributed by atoms with Crippen molar-refractivity contribution in [1.82, 2.24) is 10.3 Å². The number of hydrogen-bond donors (Lipinski definition) is 3. The van der Waals surface area contributed by atoms with Crippen LogP contribution in [-0.2, 0) is 4.79 Å². The van der Waals surface area contributed by atoms with Gasteiger partial charge in [0.05, 0.1) is 22.9 Å². The molecule has 1 aromatic heterocycles. The average Bonchev–Trinajstić information content (AvgIpc) is 3.36. The molecular formula is C21H18FN3O2. The van der Waals surface area contributed by atoms with Crippen molar-refractivity contribution in [1.29, 1.82) is 0 Å². The number of carbonyl (C=O) groups excluding carboxylic acids is 2. The molecule has 3 N–H and O–H groups in total. The van der Waals surface area contributed by atoms with Gasteiger partial charge in [-0.3, -0.25) is 9.59 Å². The van der Waals surface area contributed by atoms with Crippen molar-refractivity contribution in [3.63, 3.8) is 0 Å². The fraction of sp³-hybridized carbons (Fsp3) is 0.238. The Morgan fingerprint density at radius 2 is 2.22 bits per heavy atom. The maximum Gasteiger partial charge on any atom is 0.256 e. The van der Waals surface area contributed by atoms with Gasteiger partial charge in [0.2, 0.25) is 0 Å². The van der Waals surface area contributed by atoms with Crippen LogP contribution in [0.2, 0.25) is 0 Å². The van der Waals surface area contributed by atoms with Crippen LogP contribution in [0.15, 0.2) is 24.4 Å². The first-order chi connectivity index (χ1) is 13.0. The first kappa shape index (κ1) is 17.3. The molecule has 0 bridgehead atoms. The minimum Gasteiger partial charge on any atom is -0.361 e. The third-order valence-corrected chi connectivity index (χ3v) is 4.76. The number of amides is 1. The number of anilines is 1. The molecule has 2 aliphatic heterocycles. The summed E-state index contributed by atoms with van der Waals surface area (Å²) in [6.45, 7) is 2.38. The second-order valence-electron chi connectivity index (χ2n) is 6.68. The Labute approximate surface area is 156 Å². The predicted octanol–water partition coefficient (Wildman–Crippen LogP) is 2.95. The van der Waals surface area contributed by atoms with E-state index >= 15 is 0 Å². The highest BCUT2D eigenvalue weighted by molar-refractivity contribution is 6.35. The van der Waals surface area contributed by atoms with Gasteiger partial charge in [-0.15, -0.1) is 0 Å². The number of carbonyl (C=O) groups is 2. The Morgan fingerprint density at radius 3 is 2.93 bits per heavy atom. The predicted molar refractivity (Wildman–Crippen MR) is 102 cm³/mol. The molecule has 1 amide bonds. The highest BCUT2D eigenvalue weighted by Gasteiger charge is 2.28. The van der Waals surface area contributed by atoms with Gasteiger partial charge in [-0.2, -0.15) is 0 Å². The Morgan fingerprint density at radius 1 is 1.37 bits per heavy atom. The van der Waals surface area contributed by atoms with Crippen molar-refractivity contribution in [2.45, 2.75) is 25.8 Å². The number of hydrogen-bond acceptors (Lipinski definition) is 3. The number of H-pyrrole nitrogens is 1. The third kappa shape index (κ3) is 3.29. The van der Waals surface area contributed by atoms with Crippen LogP contribution in [0, 0.1) is 17.7 Å². The van der Waals surface area contributed by atoms with Crippen molar-refractivity contribution in [3.8, 4) is 11.8 Å². The Balaban J connectivity index is 1.79. The van der Waals surface area contributed by atoms with Gasteiger partial charge < -0.3 is 15.6 Å². The summed E-state index contributed by atoms with van der Waals surface area (Å²) < 4.78 is 14.5. The number of ketones is 1. The van der Waals surface area contributed by atoms with E-state index in [0.29, 0.717) is 28.1 Å². The van der Waals surface area contributed by atoms with Crippen molar-refractivity contribution in [3.05, 3.63) is 52.6 Å². The molecule has 27 heavy (non-hydrogen) atoms. The first-order valence-electron chi connectivity index (χ1n) is 8.83. The van der Waals surface area contributed by atoms with Crippen LogP contribution in [0.1, 0.15) is 46.9 Å². The summed E-state index contributed by atoms with van der Waals surface area (Å²) in [5, 5.41) is 6.01. The molecule has 1 fully saturated rings. The molecule has 0 saturated carbocycles. The molecule has 0 radical (unpaired) electrons. The lowest BCUT2D eigenvalue weighted by Crippen LogP contribution is -2.18. The Hall–Kier alpha value is -3.17. The number of Topliss-reactive ketones (excluding diaryl/α,β-unsaturated/α-hetero) is 1. The highest BCUT2D eigenvalue weighted by atomic mass is 19.1. The van der Waals surface area contributed by atoms with E-state index in [-0.39, 0.29) is 23.3 Å². The van der Waals surface area contributed by atoms with Crippen LogP contribution < -0.4 is 10.6 Å².